The highest BCUT2D eigenvalue weighted by atomic mass is 16.5. The van der Waals surface area contributed by atoms with Crippen LogP contribution in [0.4, 0.5) is 5.69 Å². The van der Waals surface area contributed by atoms with Gasteiger partial charge in [0.25, 0.3) is 0 Å². The molecule has 116 valence electrons. The van der Waals surface area contributed by atoms with E-state index in [-0.39, 0.29) is 5.97 Å². The maximum atomic E-state index is 11.8. The smallest absolute Gasteiger partial charge is 0.339 e. The van der Waals surface area contributed by atoms with Crippen molar-refractivity contribution >= 4 is 11.7 Å². The first-order valence-corrected chi connectivity index (χ1v) is 7.82. The molecule has 1 heterocycles. The Morgan fingerprint density at radius 2 is 2.05 bits per heavy atom. The number of benzene rings is 1. The molecule has 0 aromatic heterocycles. The van der Waals surface area contributed by atoms with E-state index in [0.29, 0.717) is 17.5 Å². The molecular weight excluding hydrogens is 264 g/mol. The normalized spacial score (nSPS) is 18.2. The SMILES string of the molecule is CCN1CCC(C(C)Nc2ccccc2C(=O)OC)CC1. The number of nitrogens with one attached hydrogen (secondary N) is 1. The predicted octanol–water partition coefficient (Wildman–Crippen LogP) is 3.01. The largest absolute Gasteiger partial charge is 0.465 e. The zero-order valence-electron chi connectivity index (χ0n) is 13.3. The number of ether oxygens (including phenoxy) is 1. The molecule has 1 unspecified atom stereocenters. The summed E-state index contributed by atoms with van der Waals surface area (Å²) in [4.78, 5) is 14.3. The second-order valence-electron chi connectivity index (χ2n) is 5.74. The molecule has 0 saturated carbocycles. The van der Waals surface area contributed by atoms with Crippen LogP contribution < -0.4 is 5.32 Å². The Balaban J connectivity index is 2.00. The number of esters is 1. The van der Waals surface area contributed by atoms with Gasteiger partial charge in [-0.15, -0.1) is 0 Å². The fraction of sp³-hybridized carbons (Fsp3) is 0.588. The van der Waals surface area contributed by atoms with Gasteiger partial charge in [0.15, 0.2) is 0 Å². The molecule has 0 amide bonds. The van der Waals surface area contributed by atoms with Gasteiger partial charge < -0.3 is 15.0 Å². The summed E-state index contributed by atoms with van der Waals surface area (Å²) in [6.45, 7) is 7.91. The maximum absolute atomic E-state index is 11.8. The summed E-state index contributed by atoms with van der Waals surface area (Å²) >= 11 is 0. The number of hydrogen-bond donors (Lipinski definition) is 1. The van der Waals surface area contributed by atoms with E-state index in [9.17, 15) is 4.79 Å². The molecule has 21 heavy (non-hydrogen) atoms. The Morgan fingerprint density at radius 3 is 2.67 bits per heavy atom. The predicted molar refractivity (Wildman–Crippen MR) is 85.7 cm³/mol. The Morgan fingerprint density at radius 1 is 1.38 bits per heavy atom. The average molecular weight is 290 g/mol. The first kappa shape index (κ1) is 15.8. The molecule has 0 aliphatic carbocycles. The molecule has 1 aromatic rings. The third-order valence-electron chi connectivity index (χ3n) is 4.50. The van der Waals surface area contributed by atoms with Crippen LogP contribution in [0.3, 0.4) is 0 Å². The number of rotatable bonds is 5. The van der Waals surface area contributed by atoms with E-state index in [4.69, 9.17) is 4.74 Å². The minimum atomic E-state index is -0.286. The van der Waals surface area contributed by atoms with Crippen LogP contribution in [0.2, 0.25) is 0 Å². The van der Waals surface area contributed by atoms with E-state index < -0.39 is 0 Å². The van der Waals surface area contributed by atoms with Crippen molar-refractivity contribution in [1.29, 1.82) is 0 Å². The Hall–Kier alpha value is -1.55. The van der Waals surface area contributed by atoms with Crippen molar-refractivity contribution in [2.24, 2.45) is 5.92 Å². The molecule has 4 heteroatoms. The number of carbonyl (C=O) groups is 1. The van der Waals surface area contributed by atoms with Crippen molar-refractivity contribution in [2.75, 3.05) is 32.1 Å². The lowest BCUT2D eigenvalue weighted by Gasteiger charge is -2.35. The van der Waals surface area contributed by atoms with Crippen molar-refractivity contribution in [2.45, 2.75) is 32.7 Å². The summed E-state index contributed by atoms with van der Waals surface area (Å²) in [5, 5.41) is 3.51. The summed E-state index contributed by atoms with van der Waals surface area (Å²) in [6.07, 6.45) is 2.42. The van der Waals surface area contributed by atoms with E-state index in [0.717, 1.165) is 12.2 Å². The lowest BCUT2D eigenvalue weighted by atomic mass is 9.90. The lowest BCUT2D eigenvalue weighted by molar-refractivity contribution is 0.0601. The van der Waals surface area contributed by atoms with Crippen LogP contribution in [0.25, 0.3) is 0 Å². The number of nitrogens with zero attached hydrogens (tertiary/aromatic N) is 1. The molecule has 1 aliphatic heterocycles. The minimum absolute atomic E-state index is 0.286. The molecule has 0 bridgehead atoms. The van der Waals surface area contributed by atoms with Gasteiger partial charge in [-0.3, -0.25) is 0 Å². The van der Waals surface area contributed by atoms with Crippen molar-refractivity contribution in [3.05, 3.63) is 29.8 Å². The fourth-order valence-corrected chi connectivity index (χ4v) is 3.03. The molecule has 1 aromatic carbocycles. The molecular formula is C17H26N2O2. The zero-order chi connectivity index (χ0) is 15.2. The topological polar surface area (TPSA) is 41.6 Å². The van der Waals surface area contributed by atoms with Crippen LogP contribution in [0.1, 0.15) is 37.0 Å². The number of likely N-dealkylation sites (tertiary alicyclic amines) is 1. The number of methoxy groups -OCH3 is 1. The van der Waals surface area contributed by atoms with Gasteiger partial charge in [0.1, 0.15) is 0 Å². The Kier molecular flexibility index (Phi) is 5.62. The number of piperidine rings is 1. The summed E-state index contributed by atoms with van der Waals surface area (Å²) in [5.74, 6) is 0.365. The number of para-hydroxylation sites is 1. The summed E-state index contributed by atoms with van der Waals surface area (Å²) in [6, 6.07) is 7.92. The third kappa shape index (κ3) is 3.97. The van der Waals surface area contributed by atoms with Gasteiger partial charge in [0.05, 0.1) is 12.7 Å². The summed E-state index contributed by atoms with van der Waals surface area (Å²) in [5.41, 5.74) is 1.48. The summed E-state index contributed by atoms with van der Waals surface area (Å²) < 4.78 is 4.85. The van der Waals surface area contributed by atoms with Gasteiger partial charge >= 0.3 is 5.97 Å². The first-order chi connectivity index (χ1) is 10.2. The van der Waals surface area contributed by atoms with E-state index in [2.05, 4.69) is 24.1 Å². The Labute approximate surface area is 127 Å². The van der Waals surface area contributed by atoms with E-state index in [1.165, 1.54) is 33.0 Å². The molecule has 4 nitrogen and oxygen atoms in total. The van der Waals surface area contributed by atoms with Crippen LogP contribution in [-0.2, 0) is 4.74 Å². The number of hydrogen-bond acceptors (Lipinski definition) is 4. The molecule has 1 N–H and O–H groups in total. The highest BCUT2D eigenvalue weighted by molar-refractivity contribution is 5.95. The van der Waals surface area contributed by atoms with Gasteiger partial charge in [-0.25, -0.2) is 4.79 Å². The number of carbonyl (C=O) groups excluding carboxylic acids is 1. The van der Waals surface area contributed by atoms with Crippen LogP contribution in [0.5, 0.6) is 0 Å². The minimum Gasteiger partial charge on any atom is -0.465 e. The van der Waals surface area contributed by atoms with E-state index in [1.807, 2.05) is 18.2 Å². The molecule has 1 atom stereocenters. The lowest BCUT2D eigenvalue weighted by Crippen LogP contribution is -2.39. The second-order valence-corrected chi connectivity index (χ2v) is 5.74. The van der Waals surface area contributed by atoms with Gasteiger partial charge in [0, 0.05) is 11.7 Å². The zero-order valence-corrected chi connectivity index (χ0v) is 13.3. The molecule has 0 radical (unpaired) electrons. The average Bonchev–Trinajstić information content (AvgIpc) is 2.54. The molecule has 1 aliphatic rings. The van der Waals surface area contributed by atoms with Crippen molar-refractivity contribution in [1.82, 2.24) is 4.90 Å². The van der Waals surface area contributed by atoms with Crippen molar-refractivity contribution in [3.8, 4) is 0 Å². The van der Waals surface area contributed by atoms with E-state index >= 15 is 0 Å². The van der Waals surface area contributed by atoms with Crippen LogP contribution in [0, 0.1) is 5.92 Å². The van der Waals surface area contributed by atoms with Crippen LogP contribution in [-0.4, -0.2) is 43.7 Å². The fourth-order valence-electron chi connectivity index (χ4n) is 3.03. The van der Waals surface area contributed by atoms with Crippen molar-refractivity contribution < 1.29 is 9.53 Å². The third-order valence-corrected chi connectivity index (χ3v) is 4.50. The quantitative estimate of drug-likeness (QED) is 0.846. The highest BCUT2D eigenvalue weighted by Gasteiger charge is 2.24. The van der Waals surface area contributed by atoms with Gasteiger partial charge in [0.2, 0.25) is 0 Å². The first-order valence-electron chi connectivity index (χ1n) is 7.82. The second kappa shape index (κ2) is 7.46. The maximum Gasteiger partial charge on any atom is 0.339 e. The van der Waals surface area contributed by atoms with Crippen LogP contribution >= 0.6 is 0 Å². The van der Waals surface area contributed by atoms with Crippen LogP contribution in [0.15, 0.2) is 24.3 Å². The van der Waals surface area contributed by atoms with Gasteiger partial charge in [-0.05, 0) is 57.5 Å². The monoisotopic (exact) mass is 290 g/mol. The molecule has 0 spiro atoms. The summed E-state index contributed by atoms with van der Waals surface area (Å²) in [7, 11) is 1.42. The molecule has 2 rings (SSSR count). The highest BCUT2D eigenvalue weighted by Crippen LogP contribution is 2.25. The molecule has 1 saturated heterocycles. The number of anilines is 1. The van der Waals surface area contributed by atoms with Crippen molar-refractivity contribution in [3.63, 3.8) is 0 Å². The van der Waals surface area contributed by atoms with Gasteiger partial charge in [-0.2, -0.15) is 0 Å². The standard InChI is InChI=1S/C17H26N2O2/c1-4-19-11-9-14(10-12-19)13(2)18-16-8-6-5-7-15(16)17(20)21-3/h5-8,13-14,18H,4,9-12H2,1-3H3. The van der Waals surface area contributed by atoms with E-state index in [1.54, 1.807) is 6.07 Å². The molecule has 1 fully saturated rings. The van der Waals surface area contributed by atoms with Gasteiger partial charge in [-0.1, -0.05) is 19.1 Å². The Bertz CT molecular complexity index is 468.